The number of aromatic carboxylic acids is 1. The number of hydrogen-bond acceptors (Lipinski definition) is 7. The molecule has 8 nitrogen and oxygen atoms in total. The molecule has 0 saturated heterocycles. The first-order valence-electron chi connectivity index (χ1n) is 4.75. The quantitative estimate of drug-likeness (QED) is 0.833. The Kier molecular flexibility index (Phi) is 3.24. The summed E-state index contributed by atoms with van der Waals surface area (Å²) in [6.07, 6.45) is 0. The fourth-order valence-corrected chi connectivity index (χ4v) is 1.62. The topological polar surface area (TPSA) is 118 Å². The molecule has 0 fully saturated rings. The third-order valence-corrected chi connectivity index (χ3v) is 2.58. The summed E-state index contributed by atoms with van der Waals surface area (Å²) in [6.45, 7) is 1.52. The highest BCUT2D eigenvalue weighted by Gasteiger charge is 2.14. The van der Waals surface area contributed by atoms with E-state index in [2.05, 4.69) is 25.1 Å². The van der Waals surface area contributed by atoms with Gasteiger partial charge in [-0.15, -0.1) is 0 Å². The van der Waals surface area contributed by atoms with E-state index in [1.54, 1.807) is 0 Å². The number of amides is 1. The van der Waals surface area contributed by atoms with E-state index >= 15 is 0 Å². The van der Waals surface area contributed by atoms with Gasteiger partial charge in [-0.25, -0.2) is 9.78 Å². The summed E-state index contributed by atoms with van der Waals surface area (Å²) in [6, 6.07) is 2.66. The molecule has 0 saturated carbocycles. The number of carbonyl (C=O) groups excluding carboxylic acids is 1. The largest absolute Gasteiger partial charge is 0.478 e. The van der Waals surface area contributed by atoms with Gasteiger partial charge in [0, 0.05) is 11.5 Å². The minimum absolute atomic E-state index is 0.0594. The van der Waals surface area contributed by atoms with Crippen LogP contribution in [0.25, 0.3) is 0 Å². The lowest BCUT2D eigenvalue weighted by Gasteiger charge is -2.03. The van der Waals surface area contributed by atoms with Gasteiger partial charge in [0.1, 0.15) is 5.69 Å². The highest BCUT2D eigenvalue weighted by Crippen LogP contribution is 2.10. The molecule has 9 heteroatoms. The first-order chi connectivity index (χ1) is 8.58. The summed E-state index contributed by atoms with van der Waals surface area (Å²) in [7, 11) is 0. The monoisotopic (exact) mass is 265 g/mol. The number of rotatable bonds is 3. The summed E-state index contributed by atoms with van der Waals surface area (Å²) in [5.41, 5.74) is 0.433. The van der Waals surface area contributed by atoms with Crippen molar-refractivity contribution in [1.29, 1.82) is 0 Å². The molecule has 0 radical (unpaired) electrons. The third kappa shape index (κ3) is 2.46. The Morgan fingerprint density at radius 3 is 2.72 bits per heavy atom. The maximum atomic E-state index is 11.7. The minimum Gasteiger partial charge on any atom is -0.478 e. The Morgan fingerprint density at radius 2 is 2.17 bits per heavy atom. The van der Waals surface area contributed by atoms with Crippen LogP contribution in [0, 0.1) is 6.92 Å². The second-order valence-corrected chi connectivity index (χ2v) is 3.99. The van der Waals surface area contributed by atoms with Crippen molar-refractivity contribution in [1.82, 2.24) is 19.8 Å². The van der Waals surface area contributed by atoms with Crippen LogP contribution in [-0.2, 0) is 0 Å². The van der Waals surface area contributed by atoms with Crippen molar-refractivity contribution < 1.29 is 14.7 Å². The molecule has 2 heterocycles. The predicted octanol–water partition coefficient (Wildman–Crippen LogP) is 0.587. The van der Waals surface area contributed by atoms with E-state index < -0.39 is 11.9 Å². The highest BCUT2D eigenvalue weighted by atomic mass is 32.1. The van der Waals surface area contributed by atoms with Crippen molar-refractivity contribution in [2.45, 2.75) is 6.92 Å². The van der Waals surface area contributed by atoms with E-state index in [4.69, 9.17) is 5.11 Å². The number of aryl methyl sites for hydroxylation is 1. The van der Waals surface area contributed by atoms with Crippen molar-refractivity contribution in [3.05, 3.63) is 29.1 Å². The molecule has 0 aliphatic carbocycles. The number of aromatic nitrogens is 4. The Morgan fingerprint density at radius 1 is 1.39 bits per heavy atom. The van der Waals surface area contributed by atoms with Crippen LogP contribution in [0.4, 0.5) is 5.13 Å². The summed E-state index contributed by atoms with van der Waals surface area (Å²) >= 11 is 0.932. The van der Waals surface area contributed by atoms with Gasteiger partial charge in [-0.05, 0) is 24.3 Å². The SMILES string of the molecule is Cc1nc(C(=O)Nc2nnns2)ccc1C(=O)O. The zero-order valence-electron chi connectivity index (χ0n) is 9.12. The number of nitrogens with zero attached hydrogens (tertiary/aromatic N) is 4. The van der Waals surface area contributed by atoms with Crippen molar-refractivity contribution in [2.75, 3.05) is 5.32 Å². The van der Waals surface area contributed by atoms with Crippen molar-refractivity contribution in [3.8, 4) is 0 Å². The van der Waals surface area contributed by atoms with E-state index in [0.717, 1.165) is 11.5 Å². The average molecular weight is 265 g/mol. The van der Waals surface area contributed by atoms with E-state index in [9.17, 15) is 9.59 Å². The zero-order chi connectivity index (χ0) is 13.1. The summed E-state index contributed by atoms with van der Waals surface area (Å²) < 4.78 is 3.49. The van der Waals surface area contributed by atoms with Crippen LogP contribution >= 0.6 is 11.5 Å². The fourth-order valence-electron chi connectivity index (χ4n) is 1.26. The fraction of sp³-hybridized carbons (Fsp3) is 0.111. The van der Waals surface area contributed by atoms with Gasteiger partial charge in [0.25, 0.3) is 5.91 Å². The lowest BCUT2D eigenvalue weighted by molar-refractivity contribution is 0.0695. The van der Waals surface area contributed by atoms with Gasteiger partial charge >= 0.3 is 5.97 Å². The van der Waals surface area contributed by atoms with Crippen LogP contribution in [0.5, 0.6) is 0 Å². The molecule has 0 aromatic carbocycles. The molecule has 0 bridgehead atoms. The Bertz CT molecular complexity index is 598. The molecular weight excluding hydrogens is 258 g/mol. The van der Waals surface area contributed by atoms with Gasteiger partial charge in [-0.3, -0.25) is 10.1 Å². The predicted molar refractivity (Wildman–Crippen MR) is 61.6 cm³/mol. The molecule has 2 N–H and O–H groups in total. The van der Waals surface area contributed by atoms with Gasteiger partial charge in [0.05, 0.1) is 11.3 Å². The van der Waals surface area contributed by atoms with Gasteiger partial charge in [0.15, 0.2) is 0 Å². The normalized spacial score (nSPS) is 10.1. The maximum absolute atomic E-state index is 11.7. The van der Waals surface area contributed by atoms with Crippen LogP contribution < -0.4 is 5.32 Å². The van der Waals surface area contributed by atoms with Crippen LogP contribution in [0.2, 0.25) is 0 Å². The molecule has 1 amide bonds. The molecule has 0 unspecified atom stereocenters. The van der Waals surface area contributed by atoms with Gasteiger partial charge in [-0.1, -0.05) is 9.59 Å². The van der Waals surface area contributed by atoms with Crippen molar-refractivity contribution in [3.63, 3.8) is 0 Å². The number of pyridine rings is 1. The molecule has 2 aromatic heterocycles. The standard InChI is InChI=1S/C9H7N5O3S/c1-4-5(8(16)17)2-3-6(10-4)7(15)11-9-12-13-14-18-9/h2-3H,1H3,(H,16,17)(H,11,12,14,15). The number of nitrogens with one attached hydrogen (secondary N) is 1. The smallest absolute Gasteiger partial charge is 0.337 e. The van der Waals surface area contributed by atoms with Crippen molar-refractivity contribution in [2.24, 2.45) is 0 Å². The molecule has 0 atom stereocenters. The lowest BCUT2D eigenvalue weighted by atomic mass is 10.2. The van der Waals surface area contributed by atoms with E-state index in [1.165, 1.54) is 19.1 Å². The number of hydrogen-bond donors (Lipinski definition) is 2. The molecule has 0 aliphatic heterocycles. The molecule has 92 valence electrons. The Balaban J connectivity index is 2.21. The first-order valence-corrected chi connectivity index (χ1v) is 5.52. The van der Waals surface area contributed by atoms with Crippen molar-refractivity contribution >= 4 is 28.5 Å². The average Bonchev–Trinajstić information content (AvgIpc) is 2.81. The van der Waals surface area contributed by atoms with Gasteiger partial charge in [0.2, 0.25) is 5.13 Å². The van der Waals surface area contributed by atoms with E-state index in [0.29, 0.717) is 0 Å². The van der Waals surface area contributed by atoms with Gasteiger partial charge < -0.3 is 5.11 Å². The molecule has 2 aromatic rings. The van der Waals surface area contributed by atoms with Crippen LogP contribution in [0.15, 0.2) is 12.1 Å². The van der Waals surface area contributed by atoms with Crippen LogP contribution in [-0.4, -0.2) is 36.8 Å². The number of carboxylic acid groups (broad SMARTS) is 1. The molecular formula is C9H7N5O3S. The maximum Gasteiger partial charge on any atom is 0.337 e. The first kappa shape index (κ1) is 12.0. The molecule has 0 aliphatic rings. The van der Waals surface area contributed by atoms with E-state index in [-0.39, 0.29) is 22.1 Å². The summed E-state index contributed by atoms with van der Waals surface area (Å²) in [4.78, 5) is 26.4. The zero-order valence-corrected chi connectivity index (χ0v) is 9.93. The lowest BCUT2D eigenvalue weighted by Crippen LogP contribution is -2.15. The molecule has 0 spiro atoms. The second kappa shape index (κ2) is 4.84. The van der Waals surface area contributed by atoms with Crippen LogP contribution in [0.1, 0.15) is 26.5 Å². The number of carbonyl (C=O) groups is 2. The number of carboxylic acids is 1. The van der Waals surface area contributed by atoms with Crippen LogP contribution in [0.3, 0.4) is 0 Å². The minimum atomic E-state index is -1.08. The number of anilines is 1. The van der Waals surface area contributed by atoms with Gasteiger partial charge in [-0.2, -0.15) is 0 Å². The van der Waals surface area contributed by atoms with E-state index in [1.807, 2.05) is 0 Å². The summed E-state index contributed by atoms with van der Waals surface area (Å²) in [5, 5.41) is 18.4. The molecule has 2 rings (SSSR count). The Hall–Kier alpha value is -2.42. The molecule has 18 heavy (non-hydrogen) atoms. The second-order valence-electron chi connectivity index (χ2n) is 3.26. The Labute approximate surface area is 105 Å². The summed E-state index contributed by atoms with van der Waals surface area (Å²) in [5.74, 6) is -1.58. The third-order valence-electron chi connectivity index (χ3n) is 2.07. The highest BCUT2D eigenvalue weighted by molar-refractivity contribution is 7.09.